The Morgan fingerprint density at radius 1 is 1.12 bits per heavy atom. The molecule has 0 saturated heterocycles. The van der Waals surface area contributed by atoms with Crippen LogP contribution in [-0.4, -0.2) is 44.4 Å². The highest BCUT2D eigenvalue weighted by Gasteiger charge is 2.38. The lowest BCUT2D eigenvalue weighted by atomic mass is 9.95. The van der Waals surface area contributed by atoms with Gasteiger partial charge in [-0.25, -0.2) is 9.78 Å². The minimum Gasteiger partial charge on any atom is -0.460 e. The summed E-state index contributed by atoms with van der Waals surface area (Å²) in [6.45, 7) is 8.02. The van der Waals surface area contributed by atoms with Crippen molar-refractivity contribution in [1.29, 1.82) is 0 Å². The number of carbonyl (C=O) groups is 2. The third kappa shape index (κ3) is 5.89. The number of ether oxygens (including phenoxy) is 2. The van der Waals surface area contributed by atoms with Crippen LogP contribution in [0.3, 0.4) is 0 Å². The van der Waals surface area contributed by atoms with Crippen molar-refractivity contribution in [2.75, 3.05) is 0 Å². The fraction of sp³-hybridized carbons (Fsp3) is 0.393. The van der Waals surface area contributed by atoms with Crippen LogP contribution in [0.2, 0.25) is 5.02 Å². The predicted molar refractivity (Wildman–Crippen MR) is 142 cm³/mol. The summed E-state index contributed by atoms with van der Waals surface area (Å²) in [7, 11) is 0. The molecular weight excluding hydrogens is 549 g/mol. The van der Waals surface area contributed by atoms with E-state index in [1.165, 1.54) is 20.0 Å². The van der Waals surface area contributed by atoms with Crippen molar-refractivity contribution in [3.05, 3.63) is 75.6 Å². The molecule has 4 rings (SSSR count). The Morgan fingerprint density at radius 2 is 1.85 bits per heavy atom. The van der Waals surface area contributed by atoms with Gasteiger partial charge in [-0.1, -0.05) is 17.7 Å². The van der Waals surface area contributed by atoms with E-state index in [2.05, 4.69) is 9.97 Å². The number of aromatic nitrogens is 3. The number of esters is 2. The molecule has 0 saturated carbocycles. The highest BCUT2D eigenvalue weighted by Crippen LogP contribution is 2.43. The van der Waals surface area contributed by atoms with Gasteiger partial charge in [-0.2, -0.15) is 13.2 Å². The van der Waals surface area contributed by atoms with Gasteiger partial charge in [0.2, 0.25) is 0 Å². The lowest BCUT2D eigenvalue weighted by Gasteiger charge is -2.20. The smallest absolute Gasteiger partial charge is 0.417 e. The first-order valence-electron chi connectivity index (χ1n) is 12.6. The number of aryl methyl sites for hydroxylation is 1. The van der Waals surface area contributed by atoms with Crippen LogP contribution in [0.15, 0.2) is 41.7 Å². The Hall–Kier alpha value is -3.73. The van der Waals surface area contributed by atoms with Crippen molar-refractivity contribution in [1.82, 2.24) is 14.5 Å². The molecule has 2 atom stereocenters. The summed E-state index contributed by atoms with van der Waals surface area (Å²) in [6.07, 6.45) is -3.11. The molecule has 12 heteroatoms. The molecule has 1 aromatic carbocycles. The number of alkyl halides is 3. The van der Waals surface area contributed by atoms with Crippen molar-refractivity contribution >= 4 is 29.3 Å². The molecule has 0 aliphatic carbocycles. The highest BCUT2D eigenvalue weighted by molar-refractivity contribution is 6.33. The SMILES string of the molecule is Cc1c(Cl)c(C(F)(F)F)cc2c1C(c1ccccn1)=N[C@@H](CCC(=O)OC(C)C(=O)OC(C)C)c1ncc(C)n1-2. The summed E-state index contributed by atoms with van der Waals surface area (Å²) in [5.74, 6) is -0.972. The minimum absolute atomic E-state index is 0.102. The van der Waals surface area contributed by atoms with Gasteiger partial charge in [0.15, 0.2) is 6.10 Å². The van der Waals surface area contributed by atoms with Crippen molar-refractivity contribution < 1.29 is 32.2 Å². The number of imidazole rings is 1. The van der Waals surface area contributed by atoms with Crippen molar-refractivity contribution in [3.63, 3.8) is 0 Å². The number of carbonyl (C=O) groups excluding carboxylic acids is 2. The molecule has 1 aliphatic heterocycles. The molecular formula is C28H28ClF3N4O4. The van der Waals surface area contributed by atoms with Crippen LogP contribution in [-0.2, 0) is 25.2 Å². The maximum absolute atomic E-state index is 14.0. The number of pyridine rings is 1. The average Bonchev–Trinajstić information content (AvgIpc) is 3.19. The summed E-state index contributed by atoms with van der Waals surface area (Å²) in [5, 5.41) is -0.432. The first-order chi connectivity index (χ1) is 18.8. The van der Waals surface area contributed by atoms with E-state index in [0.717, 1.165) is 6.07 Å². The molecule has 2 aromatic heterocycles. The topological polar surface area (TPSA) is 95.7 Å². The Balaban J connectivity index is 1.79. The lowest BCUT2D eigenvalue weighted by molar-refractivity contribution is -0.169. The second kappa shape index (κ2) is 11.4. The zero-order valence-electron chi connectivity index (χ0n) is 22.5. The van der Waals surface area contributed by atoms with Crippen LogP contribution in [0.1, 0.15) is 73.6 Å². The number of benzene rings is 1. The Labute approximate surface area is 234 Å². The molecule has 40 heavy (non-hydrogen) atoms. The number of hydrogen-bond acceptors (Lipinski definition) is 7. The standard InChI is InChI=1S/C28H28ClF3N4O4/c1-14(2)39-27(38)17(5)40-22(37)10-9-20-26-34-13-15(3)36(26)21-12-18(28(30,31)32)24(29)16(4)23(21)25(35-20)19-8-6-7-11-33-19/h6-8,11-14,17,20H,9-10H2,1-5H3/t17?,20-/m0/s1. The predicted octanol–water partition coefficient (Wildman–Crippen LogP) is 6.11. The third-order valence-corrected chi connectivity index (χ3v) is 6.82. The van der Waals surface area contributed by atoms with Gasteiger partial charge in [0.1, 0.15) is 11.9 Å². The molecule has 1 aliphatic rings. The van der Waals surface area contributed by atoms with E-state index >= 15 is 0 Å². The van der Waals surface area contributed by atoms with E-state index in [9.17, 15) is 22.8 Å². The molecule has 3 aromatic rings. The van der Waals surface area contributed by atoms with Crippen molar-refractivity contribution in [3.8, 4) is 5.69 Å². The van der Waals surface area contributed by atoms with Crippen molar-refractivity contribution in [2.24, 2.45) is 4.99 Å². The zero-order valence-corrected chi connectivity index (χ0v) is 23.3. The summed E-state index contributed by atoms with van der Waals surface area (Å²) >= 11 is 6.29. The molecule has 212 valence electrons. The summed E-state index contributed by atoms with van der Waals surface area (Å²) in [5.41, 5.74) is 1.11. The van der Waals surface area contributed by atoms with E-state index in [1.807, 2.05) is 0 Å². The summed E-state index contributed by atoms with van der Waals surface area (Å²) in [4.78, 5) is 38.5. The van der Waals surface area contributed by atoms with Crippen molar-refractivity contribution in [2.45, 2.75) is 71.9 Å². The van der Waals surface area contributed by atoms with Crippen LogP contribution in [0, 0.1) is 13.8 Å². The van der Waals surface area contributed by atoms with Gasteiger partial charge in [0, 0.05) is 30.1 Å². The molecule has 1 unspecified atom stereocenters. The van der Waals surface area contributed by atoms with Gasteiger partial charge in [-0.3, -0.25) is 19.3 Å². The molecule has 0 amide bonds. The third-order valence-electron chi connectivity index (χ3n) is 6.33. The van der Waals surface area contributed by atoms with E-state index < -0.39 is 40.8 Å². The highest BCUT2D eigenvalue weighted by atomic mass is 35.5. The first kappa shape index (κ1) is 29.3. The van der Waals surface area contributed by atoms with E-state index in [-0.39, 0.29) is 30.2 Å². The van der Waals surface area contributed by atoms with Crippen LogP contribution in [0.25, 0.3) is 5.69 Å². The second-order valence-electron chi connectivity index (χ2n) is 9.71. The average molecular weight is 577 g/mol. The maximum atomic E-state index is 14.0. The van der Waals surface area contributed by atoms with E-state index in [0.29, 0.717) is 28.5 Å². The molecule has 0 radical (unpaired) electrons. The van der Waals surface area contributed by atoms with Crippen LogP contribution in [0.4, 0.5) is 13.2 Å². The molecule has 0 fully saturated rings. The van der Waals surface area contributed by atoms with Crippen LogP contribution in [0.5, 0.6) is 0 Å². The quantitative estimate of drug-likeness (QED) is 0.315. The Kier molecular flexibility index (Phi) is 8.34. The fourth-order valence-corrected chi connectivity index (χ4v) is 4.77. The van der Waals surface area contributed by atoms with Gasteiger partial charge in [-0.05, 0) is 64.8 Å². The van der Waals surface area contributed by atoms with Gasteiger partial charge < -0.3 is 9.47 Å². The summed E-state index contributed by atoms with van der Waals surface area (Å²) in [6, 6.07) is 5.39. The number of fused-ring (bicyclic) bond motifs is 3. The number of halogens is 4. The number of rotatable bonds is 7. The number of hydrogen-bond donors (Lipinski definition) is 0. The number of nitrogens with zero attached hydrogens (tertiary/aromatic N) is 4. The van der Waals surface area contributed by atoms with E-state index in [1.54, 1.807) is 49.7 Å². The van der Waals surface area contributed by atoms with Gasteiger partial charge in [0.25, 0.3) is 0 Å². The molecule has 3 heterocycles. The molecule has 0 spiro atoms. The van der Waals surface area contributed by atoms with Crippen LogP contribution < -0.4 is 0 Å². The largest absolute Gasteiger partial charge is 0.460 e. The maximum Gasteiger partial charge on any atom is 0.417 e. The van der Waals surface area contributed by atoms with E-state index in [4.69, 9.17) is 26.1 Å². The lowest BCUT2D eigenvalue weighted by Crippen LogP contribution is -2.28. The Bertz CT molecular complexity index is 1470. The monoisotopic (exact) mass is 576 g/mol. The van der Waals surface area contributed by atoms with Crippen LogP contribution >= 0.6 is 11.6 Å². The molecule has 8 nitrogen and oxygen atoms in total. The Morgan fingerprint density at radius 3 is 2.48 bits per heavy atom. The normalized spacial score (nSPS) is 15.6. The minimum atomic E-state index is -4.70. The number of aliphatic imine (C=N–C) groups is 1. The summed E-state index contributed by atoms with van der Waals surface area (Å²) < 4.78 is 53.9. The van der Waals surface area contributed by atoms with Gasteiger partial charge in [0.05, 0.1) is 33.8 Å². The first-order valence-corrected chi connectivity index (χ1v) is 13.0. The molecule has 0 bridgehead atoms. The van der Waals surface area contributed by atoms with Gasteiger partial charge in [-0.15, -0.1) is 0 Å². The molecule has 0 N–H and O–H groups in total. The second-order valence-corrected chi connectivity index (χ2v) is 10.1. The fourth-order valence-electron chi connectivity index (χ4n) is 4.52. The van der Waals surface area contributed by atoms with Gasteiger partial charge >= 0.3 is 18.1 Å². The zero-order chi connectivity index (χ0) is 29.4.